The third kappa shape index (κ3) is 3.44. The molecular formula is C11H9ClN2O2S. The Bertz CT molecular complexity index is 514. The summed E-state index contributed by atoms with van der Waals surface area (Å²) in [6.45, 7) is 0.307. The monoisotopic (exact) mass is 268 g/mol. The van der Waals surface area contributed by atoms with E-state index >= 15 is 0 Å². The predicted molar refractivity (Wildman–Crippen MR) is 67.6 cm³/mol. The van der Waals surface area contributed by atoms with E-state index in [1.807, 2.05) is 5.38 Å². The second-order valence-electron chi connectivity index (χ2n) is 3.19. The van der Waals surface area contributed by atoms with Gasteiger partial charge in [0.25, 0.3) is 0 Å². The van der Waals surface area contributed by atoms with Gasteiger partial charge in [0.2, 0.25) is 0 Å². The van der Waals surface area contributed by atoms with E-state index in [1.165, 1.54) is 23.6 Å². The van der Waals surface area contributed by atoms with Crippen LogP contribution in [0.5, 0.6) is 5.75 Å². The Morgan fingerprint density at radius 1 is 1.53 bits per heavy atom. The minimum absolute atomic E-state index is 0.107. The van der Waals surface area contributed by atoms with Crippen molar-refractivity contribution in [1.29, 1.82) is 0 Å². The number of nitrogens with zero attached hydrogens (tertiary/aromatic N) is 2. The van der Waals surface area contributed by atoms with E-state index < -0.39 is 0 Å². The fourth-order valence-electron chi connectivity index (χ4n) is 1.14. The molecule has 0 saturated carbocycles. The lowest BCUT2D eigenvalue weighted by molar-refractivity contribution is 0.129. The average molecular weight is 269 g/mol. The first-order valence-corrected chi connectivity index (χ1v) is 6.08. The summed E-state index contributed by atoms with van der Waals surface area (Å²) in [5.74, 6) is 0.107. The molecule has 4 nitrogen and oxygen atoms in total. The lowest BCUT2D eigenvalue weighted by atomic mass is 10.2. The summed E-state index contributed by atoms with van der Waals surface area (Å²) in [6, 6.07) is 4.71. The number of hydrogen-bond acceptors (Lipinski definition) is 5. The van der Waals surface area contributed by atoms with Crippen LogP contribution in [-0.2, 0) is 11.4 Å². The van der Waals surface area contributed by atoms with E-state index in [2.05, 4.69) is 10.1 Å². The van der Waals surface area contributed by atoms with E-state index in [1.54, 1.807) is 17.6 Å². The van der Waals surface area contributed by atoms with Gasteiger partial charge in [-0.2, -0.15) is 0 Å². The maximum atomic E-state index is 9.50. The molecule has 0 bridgehead atoms. The van der Waals surface area contributed by atoms with E-state index in [9.17, 15) is 5.11 Å². The minimum atomic E-state index is 0.107. The zero-order valence-corrected chi connectivity index (χ0v) is 10.3. The molecule has 0 aliphatic heterocycles. The minimum Gasteiger partial charge on any atom is -0.507 e. The Morgan fingerprint density at radius 2 is 2.41 bits per heavy atom. The molecule has 88 valence electrons. The molecule has 0 atom stereocenters. The van der Waals surface area contributed by atoms with Crippen LogP contribution < -0.4 is 0 Å². The Morgan fingerprint density at radius 3 is 3.18 bits per heavy atom. The number of phenolic OH excluding ortho intramolecular Hbond substituents is 1. The quantitative estimate of drug-likeness (QED) is 0.685. The highest BCUT2D eigenvalue weighted by atomic mass is 35.5. The van der Waals surface area contributed by atoms with Gasteiger partial charge >= 0.3 is 0 Å². The zero-order valence-electron chi connectivity index (χ0n) is 8.71. The number of halogens is 1. The van der Waals surface area contributed by atoms with E-state index in [-0.39, 0.29) is 5.75 Å². The van der Waals surface area contributed by atoms with Crippen LogP contribution in [0.1, 0.15) is 11.3 Å². The third-order valence-corrected chi connectivity index (χ3v) is 2.82. The molecule has 0 spiro atoms. The van der Waals surface area contributed by atoms with Crippen molar-refractivity contribution in [1.82, 2.24) is 4.98 Å². The smallest absolute Gasteiger partial charge is 0.159 e. The molecule has 1 heterocycles. The molecule has 1 aromatic heterocycles. The van der Waals surface area contributed by atoms with Gasteiger partial charge in [0, 0.05) is 16.0 Å². The number of aromatic hydroxyl groups is 1. The van der Waals surface area contributed by atoms with Crippen LogP contribution in [-0.4, -0.2) is 16.3 Å². The zero-order chi connectivity index (χ0) is 12.1. The third-order valence-electron chi connectivity index (χ3n) is 1.95. The van der Waals surface area contributed by atoms with Crippen molar-refractivity contribution in [3.05, 3.63) is 45.4 Å². The fourth-order valence-corrected chi connectivity index (χ4v) is 1.86. The van der Waals surface area contributed by atoms with Crippen molar-refractivity contribution < 1.29 is 9.94 Å². The summed E-state index contributed by atoms with van der Waals surface area (Å²) in [6.07, 6.45) is 1.41. The normalized spacial score (nSPS) is 10.9. The van der Waals surface area contributed by atoms with Crippen molar-refractivity contribution in [2.75, 3.05) is 0 Å². The highest BCUT2D eigenvalue weighted by Gasteiger charge is 1.99. The lowest BCUT2D eigenvalue weighted by Crippen LogP contribution is -1.88. The summed E-state index contributed by atoms with van der Waals surface area (Å²) in [5, 5.41) is 15.7. The predicted octanol–water partition coefficient (Wildman–Crippen LogP) is 3.05. The Kier molecular flexibility index (Phi) is 3.95. The maximum Gasteiger partial charge on any atom is 0.159 e. The van der Waals surface area contributed by atoms with Gasteiger partial charge in [-0.1, -0.05) is 16.8 Å². The van der Waals surface area contributed by atoms with Crippen LogP contribution in [0.3, 0.4) is 0 Å². The number of hydrogen-bond donors (Lipinski definition) is 1. The Hall–Kier alpha value is -1.59. The van der Waals surface area contributed by atoms with Crippen LogP contribution in [0.15, 0.2) is 34.2 Å². The van der Waals surface area contributed by atoms with Gasteiger partial charge < -0.3 is 9.94 Å². The first-order valence-electron chi connectivity index (χ1n) is 4.76. The van der Waals surface area contributed by atoms with Gasteiger partial charge in [0.05, 0.1) is 17.4 Å². The van der Waals surface area contributed by atoms with Gasteiger partial charge in [0.1, 0.15) is 5.75 Å². The molecule has 0 unspecified atom stereocenters. The Labute approximate surface area is 107 Å². The van der Waals surface area contributed by atoms with Crippen molar-refractivity contribution in [3.63, 3.8) is 0 Å². The molecule has 2 rings (SSSR count). The van der Waals surface area contributed by atoms with Gasteiger partial charge in [-0.15, -0.1) is 11.3 Å². The number of rotatable bonds is 4. The Balaban J connectivity index is 1.94. The van der Waals surface area contributed by atoms with Crippen molar-refractivity contribution >= 4 is 29.2 Å². The molecule has 0 radical (unpaired) electrons. The summed E-state index contributed by atoms with van der Waals surface area (Å²) in [4.78, 5) is 9.08. The highest BCUT2D eigenvalue weighted by molar-refractivity contribution is 7.07. The standard InChI is InChI=1S/C11H9ClN2O2S/c12-9-1-2-11(15)8(3-9)4-14-16-5-10-6-17-7-13-10/h1-4,6-7,15H,5H2. The fraction of sp³-hybridized carbons (Fsp3) is 0.0909. The molecule has 0 aliphatic rings. The van der Waals surface area contributed by atoms with E-state index in [0.29, 0.717) is 17.2 Å². The number of thiazole rings is 1. The first-order chi connectivity index (χ1) is 8.25. The van der Waals surface area contributed by atoms with Crippen LogP contribution in [0.4, 0.5) is 0 Å². The molecule has 1 N–H and O–H groups in total. The summed E-state index contributed by atoms with van der Waals surface area (Å²) >= 11 is 7.29. The van der Waals surface area contributed by atoms with Crippen molar-refractivity contribution in [2.45, 2.75) is 6.61 Å². The van der Waals surface area contributed by atoms with Crippen molar-refractivity contribution in [3.8, 4) is 5.75 Å². The molecule has 2 aromatic rings. The topological polar surface area (TPSA) is 54.7 Å². The number of aromatic nitrogens is 1. The molecule has 0 aliphatic carbocycles. The summed E-state index contributed by atoms with van der Waals surface area (Å²) in [5.41, 5.74) is 3.06. The SMILES string of the molecule is Oc1ccc(Cl)cc1C=NOCc1cscn1. The molecule has 17 heavy (non-hydrogen) atoms. The largest absolute Gasteiger partial charge is 0.507 e. The van der Waals surface area contributed by atoms with Crippen LogP contribution in [0.2, 0.25) is 5.02 Å². The molecule has 0 saturated heterocycles. The first kappa shape index (κ1) is 11.9. The number of phenols is 1. The van der Waals surface area contributed by atoms with Crippen LogP contribution >= 0.6 is 22.9 Å². The number of oxime groups is 1. The highest BCUT2D eigenvalue weighted by Crippen LogP contribution is 2.19. The van der Waals surface area contributed by atoms with Gasteiger partial charge in [0.15, 0.2) is 6.61 Å². The molecule has 0 fully saturated rings. The molecule has 6 heteroatoms. The molecule has 1 aromatic carbocycles. The lowest BCUT2D eigenvalue weighted by Gasteiger charge is -1.99. The van der Waals surface area contributed by atoms with Crippen molar-refractivity contribution in [2.24, 2.45) is 5.16 Å². The van der Waals surface area contributed by atoms with E-state index in [4.69, 9.17) is 16.4 Å². The van der Waals surface area contributed by atoms with Gasteiger partial charge in [-0.3, -0.25) is 0 Å². The van der Waals surface area contributed by atoms with Crippen LogP contribution in [0.25, 0.3) is 0 Å². The van der Waals surface area contributed by atoms with Gasteiger partial charge in [-0.05, 0) is 18.2 Å². The second kappa shape index (κ2) is 5.65. The summed E-state index contributed by atoms with van der Waals surface area (Å²) in [7, 11) is 0. The number of benzene rings is 1. The van der Waals surface area contributed by atoms with E-state index in [0.717, 1.165) is 5.69 Å². The summed E-state index contributed by atoms with van der Waals surface area (Å²) < 4.78 is 0. The molecular weight excluding hydrogens is 260 g/mol. The van der Waals surface area contributed by atoms with Gasteiger partial charge in [-0.25, -0.2) is 4.98 Å². The molecule has 0 amide bonds. The average Bonchev–Trinajstić information content (AvgIpc) is 2.82. The van der Waals surface area contributed by atoms with Crippen LogP contribution in [0, 0.1) is 0 Å². The second-order valence-corrected chi connectivity index (χ2v) is 4.35. The maximum absolute atomic E-state index is 9.50.